The molecule has 2 aromatic carbocycles. The number of H-pyrrole nitrogens is 1. The van der Waals surface area contributed by atoms with Crippen molar-refractivity contribution in [3.63, 3.8) is 0 Å². The van der Waals surface area contributed by atoms with E-state index in [-0.39, 0.29) is 0 Å². The van der Waals surface area contributed by atoms with Gasteiger partial charge in [0, 0.05) is 16.1 Å². The number of allylic oxidation sites excluding steroid dienone is 1. The Bertz CT molecular complexity index is 1140. The summed E-state index contributed by atoms with van der Waals surface area (Å²) in [5.41, 5.74) is 4.29. The maximum absolute atomic E-state index is 9.53. The van der Waals surface area contributed by atoms with Crippen LogP contribution in [-0.4, -0.2) is 9.97 Å². The minimum Gasteiger partial charge on any atom is -0.457 e. The third kappa shape index (κ3) is 3.07. The maximum atomic E-state index is 9.53. The molecule has 126 valence electrons. The summed E-state index contributed by atoms with van der Waals surface area (Å²) in [5, 5.41) is 9.53. The number of furan rings is 1. The number of aromatic amines is 1. The number of fused-ring (bicyclic) bond motifs is 1. The van der Waals surface area contributed by atoms with Crippen molar-refractivity contribution in [2.45, 2.75) is 6.92 Å². The first-order chi connectivity index (χ1) is 12.6. The standard InChI is InChI=1S/C21H14BrN3O/c1-13-6-7-14(11-17(13)22)20-9-8-16(26-20)10-15(12-23)21-24-18-4-2-3-5-19(18)25-21/h2-11H,1H3,(H,24,25). The minimum absolute atomic E-state index is 0.423. The molecule has 0 aliphatic heterocycles. The fourth-order valence-electron chi connectivity index (χ4n) is 2.71. The van der Waals surface area contributed by atoms with Crippen LogP contribution in [0.3, 0.4) is 0 Å². The molecule has 4 aromatic rings. The van der Waals surface area contributed by atoms with Gasteiger partial charge in [0.2, 0.25) is 0 Å². The molecule has 26 heavy (non-hydrogen) atoms. The lowest BCUT2D eigenvalue weighted by Crippen LogP contribution is -1.84. The molecule has 5 heteroatoms. The molecule has 0 saturated carbocycles. The molecule has 0 fully saturated rings. The number of imidazole rings is 1. The van der Waals surface area contributed by atoms with Gasteiger partial charge in [-0.2, -0.15) is 5.26 Å². The highest BCUT2D eigenvalue weighted by atomic mass is 79.9. The number of hydrogen-bond acceptors (Lipinski definition) is 3. The fourth-order valence-corrected chi connectivity index (χ4v) is 3.09. The molecule has 0 amide bonds. The number of aromatic nitrogens is 2. The topological polar surface area (TPSA) is 65.6 Å². The van der Waals surface area contributed by atoms with E-state index in [0.717, 1.165) is 32.4 Å². The highest BCUT2D eigenvalue weighted by Crippen LogP contribution is 2.28. The quantitative estimate of drug-likeness (QED) is 0.429. The number of rotatable bonds is 3. The van der Waals surface area contributed by atoms with E-state index in [1.807, 2.05) is 61.5 Å². The monoisotopic (exact) mass is 403 g/mol. The summed E-state index contributed by atoms with van der Waals surface area (Å²) in [6.45, 7) is 2.04. The number of nitrogens with one attached hydrogen (secondary N) is 1. The van der Waals surface area contributed by atoms with Crippen molar-refractivity contribution in [3.8, 4) is 17.4 Å². The summed E-state index contributed by atoms with van der Waals surface area (Å²) in [6.07, 6.45) is 1.70. The predicted molar refractivity (Wildman–Crippen MR) is 106 cm³/mol. The van der Waals surface area contributed by atoms with E-state index < -0.39 is 0 Å². The van der Waals surface area contributed by atoms with Crippen LogP contribution >= 0.6 is 15.9 Å². The van der Waals surface area contributed by atoms with Crippen molar-refractivity contribution in [2.24, 2.45) is 0 Å². The molecule has 2 aromatic heterocycles. The molecule has 0 aliphatic carbocycles. The van der Waals surface area contributed by atoms with Gasteiger partial charge in [0.05, 0.1) is 16.6 Å². The second-order valence-electron chi connectivity index (χ2n) is 5.94. The second-order valence-corrected chi connectivity index (χ2v) is 6.79. The van der Waals surface area contributed by atoms with E-state index >= 15 is 0 Å². The van der Waals surface area contributed by atoms with Crippen LogP contribution in [0, 0.1) is 18.3 Å². The van der Waals surface area contributed by atoms with Crippen LogP contribution in [0.5, 0.6) is 0 Å². The Morgan fingerprint density at radius 1 is 1.19 bits per heavy atom. The van der Waals surface area contributed by atoms with Gasteiger partial charge in [-0.1, -0.05) is 40.2 Å². The summed E-state index contributed by atoms with van der Waals surface area (Å²) in [4.78, 5) is 7.64. The molecule has 0 saturated heterocycles. The van der Waals surface area contributed by atoms with Crippen LogP contribution in [0.1, 0.15) is 17.1 Å². The van der Waals surface area contributed by atoms with Crippen LogP contribution in [0.2, 0.25) is 0 Å². The SMILES string of the molecule is Cc1ccc(-c2ccc(C=C(C#N)c3nc4ccccc4[nH]3)o2)cc1Br. The van der Waals surface area contributed by atoms with Crippen molar-refractivity contribution in [3.05, 3.63) is 76.2 Å². The Morgan fingerprint density at radius 3 is 2.81 bits per heavy atom. The predicted octanol–water partition coefficient (Wildman–Crippen LogP) is 5.96. The smallest absolute Gasteiger partial charge is 0.149 e. The van der Waals surface area contributed by atoms with Gasteiger partial charge in [0.1, 0.15) is 23.4 Å². The lowest BCUT2D eigenvalue weighted by Gasteiger charge is -2.01. The molecule has 0 unspecified atom stereocenters. The summed E-state index contributed by atoms with van der Waals surface area (Å²) in [6, 6.07) is 19.7. The zero-order chi connectivity index (χ0) is 18.1. The van der Waals surface area contributed by atoms with Crippen molar-refractivity contribution < 1.29 is 4.42 Å². The van der Waals surface area contributed by atoms with E-state index in [1.165, 1.54) is 0 Å². The highest BCUT2D eigenvalue weighted by Gasteiger charge is 2.10. The largest absolute Gasteiger partial charge is 0.457 e. The van der Waals surface area contributed by atoms with Gasteiger partial charge >= 0.3 is 0 Å². The van der Waals surface area contributed by atoms with E-state index in [9.17, 15) is 5.26 Å². The van der Waals surface area contributed by atoms with E-state index in [0.29, 0.717) is 17.2 Å². The molecule has 0 bridgehead atoms. The average Bonchev–Trinajstić information content (AvgIpc) is 3.28. The molecular weight excluding hydrogens is 390 g/mol. The van der Waals surface area contributed by atoms with Crippen LogP contribution in [-0.2, 0) is 0 Å². The molecule has 0 spiro atoms. The van der Waals surface area contributed by atoms with Gasteiger partial charge in [-0.3, -0.25) is 0 Å². The molecule has 1 N–H and O–H groups in total. The summed E-state index contributed by atoms with van der Waals surface area (Å²) in [5.74, 6) is 1.89. The van der Waals surface area contributed by atoms with Crippen molar-refractivity contribution >= 4 is 38.6 Å². The molecule has 4 nitrogen and oxygen atoms in total. The van der Waals surface area contributed by atoms with Crippen molar-refractivity contribution in [1.82, 2.24) is 9.97 Å². The number of benzene rings is 2. The summed E-state index contributed by atoms with van der Waals surface area (Å²) < 4.78 is 6.93. The van der Waals surface area contributed by atoms with Gasteiger partial charge in [0.15, 0.2) is 0 Å². The molecule has 0 atom stereocenters. The molecule has 2 heterocycles. The molecule has 0 radical (unpaired) electrons. The number of hydrogen-bond donors (Lipinski definition) is 1. The van der Waals surface area contributed by atoms with Gasteiger partial charge in [-0.05, 0) is 42.8 Å². The van der Waals surface area contributed by atoms with Crippen LogP contribution in [0.4, 0.5) is 0 Å². The van der Waals surface area contributed by atoms with Gasteiger partial charge in [-0.25, -0.2) is 4.98 Å². The maximum Gasteiger partial charge on any atom is 0.149 e. The van der Waals surface area contributed by atoms with Gasteiger partial charge in [-0.15, -0.1) is 0 Å². The average molecular weight is 404 g/mol. The Hall–Kier alpha value is -3.10. The second kappa shape index (κ2) is 6.66. The fraction of sp³-hybridized carbons (Fsp3) is 0.0476. The van der Waals surface area contributed by atoms with Crippen LogP contribution in [0.25, 0.3) is 34.0 Å². The van der Waals surface area contributed by atoms with Crippen LogP contribution in [0.15, 0.2) is 63.5 Å². The van der Waals surface area contributed by atoms with E-state index in [1.54, 1.807) is 6.08 Å². The van der Waals surface area contributed by atoms with E-state index in [4.69, 9.17) is 4.42 Å². The lowest BCUT2D eigenvalue weighted by molar-refractivity contribution is 0.572. The van der Waals surface area contributed by atoms with Crippen molar-refractivity contribution in [2.75, 3.05) is 0 Å². The number of nitriles is 1. The lowest BCUT2D eigenvalue weighted by atomic mass is 10.1. The summed E-state index contributed by atoms with van der Waals surface area (Å²) in [7, 11) is 0. The first-order valence-corrected chi connectivity index (χ1v) is 8.86. The molecule has 4 rings (SSSR count). The number of nitrogens with zero attached hydrogens (tertiary/aromatic N) is 2. The Kier molecular flexibility index (Phi) is 4.19. The third-order valence-corrected chi connectivity index (χ3v) is 4.99. The molecular formula is C21H14BrN3O. The zero-order valence-corrected chi connectivity index (χ0v) is 15.5. The van der Waals surface area contributed by atoms with Crippen LogP contribution < -0.4 is 0 Å². The summed E-state index contributed by atoms with van der Waals surface area (Å²) >= 11 is 3.54. The molecule has 0 aliphatic rings. The minimum atomic E-state index is 0.423. The number of aryl methyl sites for hydroxylation is 1. The Balaban J connectivity index is 1.69. The van der Waals surface area contributed by atoms with Gasteiger partial charge < -0.3 is 9.40 Å². The van der Waals surface area contributed by atoms with E-state index in [2.05, 4.69) is 32.0 Å². The first-order valence-electron chi connectivity index (χ1n) is 8.07. The number of halogens is 1. The third-order valence-electron chi connectivity index (χ3n) is 4.13. The normalized spacial score (nSPS) is 11.7. The zero-order valence-electron chi connectivity index (χ0n) is 14.0. The van der Waals surface area contributed by atoms with Crippen molar-refractivity contribution in [1.29, 1.82) is 5.26 Å². The first kappa shape index (κ1) is 16.4. The Labute approximate surface area is 158 Å². The highest BCUT2D eigenvalue weighted by molar-refractivity contribution is 9.10. The Morgan fingerprint density at radius 2 is 2.04 bits per heavy atom. The number of para-hydroxylation sites is 2. The van der Waals surface area contributed by atoms with Gasteiger partial charge in [0.25, 0.3) is 0 Å².